The van der Waals surface area contributed by atoms with Gasteiger partial charge in [0.2, 0.25) is 0 Å². The molecule has 0 spiro atoms. The topological polar surface area (TPSA) is 90.6 Å². The maximum Gasteiger partial charge on any atom is 0.148 e. The molecule has 588 valence electrons. The Labute approximate surface area is 726 Å². The van der Waals surface area contributed by atoms with Crippen molar-refractivity contribution in [2.45, 2.75) is 0 Å². The normalized spacial score (nSPS) is 11.9. The largest absolute Gasteiger partial charge is 0.292 e. The fourth-order valence-electron chi connectivity index (χ4n) is 20.2. The Kier molecular flexibility index (Phi) is 16.2. The van der Waals surface area contributed by atoms with Crippen LogP contribution in [-0.4, -0.2) is 43.1 Å². The van der Waals surface area contributed by atoms with Crippen LogP contribution >= 0.6 is 0 Å². The van der Waals surface area contributed by atoms with Gasteiger partial charge in [-0.05, 0) is 229 Å². The molecule has 0 bridgehead atoms. The van der Waals surface area contributed by atoms with Gasteiger partial charge in [0.1, 0.15) is 16.9 Å². The first-order valence-electron chi connectivity index (χ1n) is 43.2. The lowest BCUT2D eigenvalue weighted by Gasteiger charge is -2.13. The third-order valence-electron chi connectivity index (χ3n) is 26.2. The van der Waals surface area contributed by atoms with Crippen molar-refractivity contribution < 1.29 is 0 Å². The number of para-hydroxylation sites is 6. The Morgan fingerprint density at radius 2 is 0.480 bits per heavy atom. The van der Waals surface area contributed by atoms with Crippen molar-refractivity contribution in [2.75, 3.05) is 0 Å². The number of hydrogen-bond donors (Lipinski definition) is 0. The summed E-state index contributed by atoms with van der Waals surface area (Å²) in [5, 5.41) is 23.9. The lowest BCUT2D eigenvalue weighted by Crippen LogP contribution is -1.94. The van der Waals surface area contributed by atoms with Gasteiger partial charge in [0, 0.05) is 50.9 Å². The van der Waals surface area contributed by atoms with E-state index >= 15 is 0 Å². The van der Waals surface area contributed by atoms with Gasteiger partial charge in [-0.15, -0.1) is 0 Å². The summed E-state index contributed by atoms with van der Waals surface area (Å²) in [4.78, 5) is 29.8. The van der Waals surface area contributed by atoms with E-state index in [1.165, 1.54) is 142 Å². The van der Waals surface area contributed by atoms with Crippen molar-refractivity contribution in [1.29, 1.82) is 0 Å². The molecule has 0 saturated heterocycles. The first-order chi connectivity index (χ1) is 63.0. The van der Waals surface area contributed by atoms with Crippen LogP contribution in [0.4, 0.5) is 0 Å². The van der Waals surface area contributed by atoms with Crippen LogP contribution in [0, 0.1) is 0 Å². The Balaban J connectivity index is 0.000000101. The van der Waals surface area contributed by atoms with Crippen LogP contribution in [-0.2, 0) is 0 Å². The number of nitrogens with zero attached hydrogens (tertiary/aromatic N) is 9. The Morgan fingerprint density at radius 3 is 0.937 bits per heavy atom. The van der Waals surface area contributed by atoms with Crippen molar-refractivity contribution in [1.82, 2.24) is 43.1 Å². The molecule has 19 aromatic carbocycles. The third-order valence-corrected chi connectivity index (χ3v) is 26.2. The van der Waals surface area contributed by atoms with E-state index in [2.05, 4.69) is 408 Å². The van der Waals surface area contributed by atoms with Crippen molar-refractivity contribution in [3.8, 4) is 66.8 Å². The molecule has 0 atom stereocenters. The summed E-state index contributed by atoms with van der Waals surface area (Å²) >= 11 is 0. The lowest BCUT2D eigenvalue weighted by atomic mass is 9.92. The summed E-state index contributed by atoms with van der Waals surface area (Å²) in [6, 6.07) is 148. The van der Waals surface area contributed by atoms with Crippen LogP contribution in [0.3, 0.4) is 0 Å². The quantitative estimate of drug-likeness (QED) is 0.154. The van der Waals surface area contributed by atoms with Crippen molar-refractivity contribution in [3.63, 3.8) is 0 Å². The van der Waals surface area contributed by atoms with Crippen molar-refractivity contribution in [2.24, 2.45) is 0 Å². The smallest absolute Gasteiger partial charge is 0.148 e. The Morgan fingerprint density at radius 1 is 0.157 bits per heavy atom. The average molecular weight is 1610 g/mol. The highest BCUT2D eigenvalue weighted by molar-refractivity contribution is 6.26. The molecule has 0 aliphatic rings. The van der Waals surface area contributed by atoms with Gasteiger partial charge in [0.05, 0.1) is 82.4 Å². The van der Waals surface area contributed by atoms with Gasteiger partial charge in [-0.2, -0.15) is 0 Å². The first kappa shape index (κ1) is 71.6. The summed E-state index contributed by atoms with van der Waals surface area (Å²) in [6.07, 6.45) is 5.62. The van der Waals surface area contributed by atoms with Crippen LogP contribution in [0.2, 0.25) is 0 Å². The molecule has 0 aliphatic heterocycles. The van der Waals surface area contributed by atoms with E-state index in [0.717, 1.165) is 115 Å². The summed E-state index contributed by atoms with van der Waals surface area (Å²) in [7, 11) is 0. The maximum absolute atomic E-state index is 5.13. The second-order valence-corrected chi connectivity index (χ2v) is 33.2. The molecule has 0 saturated carbocycles. The minimum Gasteiger partial charge on any atom is -0.292 e. The molecule has 127 heavy (non-hydrogen) atoms. The highest BCUT2D eigenvalue weighted by Gasteiger charge is 2.23. The predicted octanol–water partition coefficient (Wildman–Crippen LogP) is 30.6. The molecule has 0 aliphatic carbocycles. The average Bonchev–Trinajstić information content (AvgIpc) is 1.62. The minimum atomic E-state index is 0.947. The molecular weight excluding hydrogens is 1540 g/mol. The van der Waals surface area contributed by atoms with Crippen molar-refractivity contribution in [3.05, 3.63) is 431 Å². The summed E-state index contributed by atoms with van der Waals surface area (Å²) < 4.78 is 6.90. The zero-order valence-electron chi connectivity index (χ0n) is 68.5. The zero-order valence-corrected chi connectivity index (χ0v) is 68.5. The lowest BCUT2D eigenvalue weighted by molar-refractivity contribution is 1.31. The van der Waals surface area contributed by atoms with Crippen LogP contribution in [0.1, 0.15) is 0 Å². The van der Waals surface area contributed by atoms with Gasteiger partial charge in [-0.25, -0.2) is 15.0 Å². The van der Waals surface area contributed by atoms with Gasteiger partial charge in [0.15, 0.2) is 0 Å². The molecular formula is C118H71N9. The molecule has 9 nitrogen and oxygen atoms in total. The number of pyridine rings is 6. The van der Waals surface area contributed by atoms with E-state index in [9.17, 15) is 0 Å². The Bertz CT molecular complexity index is 9470. The van der Waals surface area contributed by atoms with Crippen LogP contribution in [0.15, 0.2) is 431 Å². The van der Waals surface area contributed by atoms with Crippen LogP contribution in [0.5, 0.6) is 0 Å². The molecule has 0 amide bonds. The van der Waals surface area contributed by atoms with E-state index in [0.29, 0.717) is 0 Å². The Hall–Kier alpha value is -17.1. The van der Waals surface area contributed by atoms with Gasteiger partial charge >= 0.3 is 0 Å². The molecule has 28 aromatic rings. The summed E-state index contributed by atoms with van der Waals surface area (Å²) in [5.74, 6) is 0. The number of benzene rings is 19. The maximum atomic E-state index is 5.13. The summed E-state index contributed by atoms with van der Waals surface area (Å²) in [6.45, 7) is 0. The van der Waals surface area contributed by atoms with E-state index in [-0.39, 0.29) is 0 Å². The van der Waals surface area contributed by atoms with Gasteiger partial charge in [-0.3, -0.25) is 28.2 Å². The monoisotopic (exact) mass is 1610 g/mol. The molecule has 0 radical (unpaired) electrons. The first-order valence-corrected chi connectivity index (χ1v) is 43.2. The van der Waals surface area contributed by atoms with E-state index in [1.807, 2.05) is 36.8 Å². The predicted molar refractivity (Wildman–Crippen MR) is 532 cm³/mol. The number of imidazole rings is 3. The molecule has 28 rings (SSSR count). The van der Waals surface area contributed by atoms with E-state index in [1.54, 1.807) is 0 Å². The number of aromatic nitrogens is 9. The van der Waals surface area contributed by atoms with Gasteiger partial charge in [0.25, 0.3) is 0 Å². The van der Waals surface area contributed by atoms with Crippen LogP contribution < -0.4 is 0 Å². The zero-order chi connectivity index (χ0) is 83.3. The standard InChI is InChI=1S/C42H25N3.2C38H23N3/c1-2-10-31-30(8-1)25-35(33-12-4-3-11-32(31)33)27-17-15-26(16-18-27)29-20-22-38-36(24-29)34-21-19-28-9-7-23-43-41(28)40(34)42-44-37-13-5-6-14-39(37)45(38)42;1-2-10-29-25(7-1)8-5-11-30(29)26-16-14-24(15-17-26)28-19-21-34-32(23-28)31-20-18-27-9-6-22-39-37(27)36(31)38-40-33-12-3-4-13-35(33)41(34)38;1-2-7-28-22-29(16-15-24(28)6-1)25-11-13-26(14-12-25)30-18-20-34-32(23-30)31-19-17-27-8-5-21-39-37(27)36(31)38-40-33-9-3-4-10-35(33)41(34)38/h1-25H;2*1-23H. The van der Waals surface area contributed by atoms with Crippen LogP contribution in [0.25, 0.3) is 258 Å². The fraction of sp³-hybridized carbons (Fsp3) is 0. The second kappa shape index (κ2) is 28.8. The molecule has 0 fully saturated rings. The van der Waals surface area contributed by atoms with E-state index < -0.39 is 0 Å². The minimum absolute atomic E-state index is 0.947. The molecule has 9 aromatic heterocycles. The van der Waals surface area contributed by atoms with E-state index in [4.69, 9.17) is 29.9 Å². The number of fused-ring (bicyclic) bond motifs is 35. The molecule has 0 unspecified atom stereocenters. The third kappa shape index (κ3) is 11.6. The number of hydrogen-bond acceptors (Lipinski definition) is 6. The fourth-order valence-corrected chi connectivity index (χ4v) is 20.2. The highest BCUT2D eigenvalue weighted by Crippen LogP contribution is 2.45. The van der Waals surface area contributed by atoms with Crippen molar-refractivity contribution >= 4 is 191 Å². The summed E-state index contributed by atoms with van der Waals surface area (Å²) in [5.41, 5.74) is 30.0. The molecule has 9 heteroatoms. The molecule has 0 N–H and O–H groups in total. The SMILES string of the molecule is c1ccc2c(-c3ccc(-c4ccc5c(c4)c4ccc6cccnc6c4c4nc6ccccc6n54)cc3)cccc2c1.c1ccc2c(c1)cc(-c1ccc(-c3ccc4c(c3)c3ccc5cccnc5c3c3nc5ccccc5n43)cc1)c1ccccc12.c1ccc2cc(-c3ccc(-c4ccc5c(c4)c4ccc6cccnc6c4c4nc6ccccc6n54)cc3)ccc2c1. The molecule has 9 heterocycles. The number of rotatable bonds is 6. The highest BCUT2D eigenvalue weighted by atomic mass is 15.0. The van der Waals surface area contributed by atoms with Gasteiger partial charge < -0.3 is 0 Å². The van der Waals surface area contributed by atoms with Gasteiger partial charge in [-0.1, -0.05) is 309 Å². The second-order valence-electron chi connectivity index (χ2n) is 33.2.